The van der Waals surface area contributed by atoms with Crippen molar-refractivity contribution in [2.24, 2.45) is 0 Å². The van der Waals surface area contributed by atoms with Crippen molar-refractivity contribution in [3.8, 4) is 22.6 Å². The Balaban J connectivity index is 1.53. The molecular formula is C29H22ClF3N2O4S. The van der Waals surface area contributed by atoms with Gasteiger partial charge in [-0.25, -0.2) is 13.2 Å². The highest BCUT2D eigenvalue weighted by Crippen LogP contribution is 2.40. The second-order valence-corrected chi connectivity index (χ2v) is 11.7. The van der Waals surface area contributed by atoms with E-state index in [9.17, 15) is 26.4 Å². The lowest BCUT2D eigenvalue weighted by Gasteiger charge is -2.19. The van der Waals surface area contributed by atoms with E-state index in [2.05, 4.69) is 5.32 Å². The van der Waals surface area contributed by atoms with Crippen LogP contribution in [0, 0.1) is 0 Å². The molecule has 1 aliphatic heterocycles. The molecule has 0 bridgehead atoms. The number of hydrogen-bond donors (Lipinski definition) is 1. The van der Waals surface area contributed by atoms with E-state index >= 15 is 0 Å². The highest BCUT2D eigenvalue weighted by Gasteiger charge is 2.35. The number of nitrogens with one attached hydrogen (secondary N) is 1. The van der Waals surface area contributed by atoms with Crippen molar-refractivity contribution >= 4 is 33.2 Å². The van der Waals surface area contributed by atoms with Gasteiger partial charge in [0.05, 0.1) is 23.0 Å². The number of nitrogens with zero attached hydrogens (tertiary/aromatic N) is 1. The van der Waals surface area contributed by atoms with Gasteiger partial charge in [0.15, 0.2) is 9.84 Å². The zero-order valence-corrected chi connectivity index (χ0v) is 22.5. The minimum atomic E-state index is -4.52. The van der Waals surface area contributed by atoms with Gasteiger partial charge in [0.1, 0.15) is 11.5 Å². The Morgan fingerprint density at radius 1 is 0.925 bits per heavy atom. The summed E-state index contributed by atoms with van der Waals surface area (Å²) < 4.78 is 71.2. The number of rotatable bonds is 6. The normalized spacial score (nSPS) is 15.7. The molecule has 1 fully saturated rings. The SMILES string of the molecule is CS(=O)(=O)c1ccc(N2CC(c3cccc(C(F)(F)F)c3)NC2=O)cc1-c1ccccc1Oc1ccc(Cl)cc1. The molecule has 1 unspecified atom stereocenters. The Bertz CT molecular complexity index is 1690. The predicted molar refractivity (Wildman–Crippen MR) is 147 cm³/mol. The fourth-order valence-corrected chi connectivity index (χ4v) is 5.52. The molecule has 1 atom stereocenters. The zero-order chi connectivity index (χ0) is 28.7. The Kier molecular flexibility index (Phi) is 7.24. The van der Waals surface area contributed by atoms with Crippen LogP contribution in [0.1, 0.15) is 17.2 Å². The maximum atomic E-state index is 13.2. The van der Waals surface area contributed by atoms with Gasteiger partial charge in [0.2, 0.25) is 0 Å². The third kappa shape index (κ3) is 5.78. The minimum absolute atomic E-state index is 0.0254. The molecule has 40 heavy (non-hydrogen) atoms. The van der Waals surface area contributed by atoms with Gasteiger partial charge in [-0.1, -0.05) is 41.9 Å². The first-order valence-corrected chi connectivity index (χ1v) is 14.3. The number of halogens is 4. The molecule has 4 aromatic rings. The first-order chi connectivity index (χ1) is 18.9. The summed E-state index contributed by atoms with van der Waals surface area (Å²) in [5.74, 6) is 0.858. The number of anilines is 1. The second kappa shape index (κ2) is 10.5. The maximum absolute atomic E-state index is 13.2. The van der Waals surface area contributed by atoms with Crippen molar-refractivity contribution in [1.29, 1.82) is 0 Å². The summed E-state index contributed by atoms with van der Waals surface area (Å²) in [6.07, 6.45) is -3.43. The van der Waals surface area contributed by atoms with Crippen molar-refractivity contribution in [2.75, 3.05) is 17.7 Å². The van der Waals surface area contributed by atoms with Crippen LogP contribution in [0.25, 0.3) is 11.1 Å². The average Bonchev–Trinajstić information content (AvgIpc) is 3.30. The number of alkyl halides is 3. The van der Waals surface area contributed by atoms with Crippen LogP contribution in [0.4, 0.5) is 23.7 Å². The Morgan fingerprint density at radius 3 is 2.35 bits per heavy atom. The molecular weight excluding hydrogens is 565 g/mol. The molecule has 1 saturated heterocycles. The summed E-state index contributed by atoms with van der Waals surface area (Å²) >= 11 is 5.97. The van der Waals surface area contributed by atoms with Crippen LogP contribution in [0.3, 0.4) is 0 Å². The summed E-state index contributed by atoms with van der Waals surface area (Å²) in [5, 5.41) is 3.24. The second-order valence-electron chi connectivity index (χ2n) is 9.24. The van der Waals surface area contributed by atoms with Crippen LogP contribution < -0.4 is 15.0 Å². The highest BCUT2D eigenvalue weighted by atomic mass is 35.5. The molecule has 0 saturated carbocycles. The standard InChI is InChI=1S/C29H22ClF3N2O4S/c1-40(37,38)27-14-11-21(35-17-25(34-28(35)36)18-5-4-6-19(15-18)29(31,32)33)16-24(27)23-7-2-3-8-26(23)39-22-12-9-20(30)10-13-22/h2-16,25H,17H2,1H3,(H,34,36). The van der Waals surface area contributed by atoms with Crippen molar-refractivity contribution in [3.05, 3.63) is 107 Å². The van der Waals surface area contributed by atoms with Gasteiger partial charge in [0, 0.05) is 28.1 Å². The van der Waals surface area contributed by atoms with E-state index in [1.807, 2.05) is 0 Å². The molecule has 206 valence electrons. The number of sulfone groups is 1. The first kappa shape index (κ1) is 27.5. The van der Waals surface area contributed by atoms with E-state index in [0.29, 0.717) is 38.9 Å². The maximum Gasteiger partial charge on any atom is 0.416 e. The predicted octanol–water partition coefficient (Wildman–Crippen LogP) is 7.49. The van der Waals surface area contributed by atoms with E-state index < -0.39 is 33.6 Å². The molecule has 0 radical (unpaired) electrons. The molecule has 5 rings (SSSR count). The van der Waals surface area contributed by atoms with Crippen LogP contribution in [0.15, 0.2) is 95.9 Å². The summed E-state index contributed by atoms with van der Waals surface area (Å²) in [6, 6.07) is 21.6. The molecule has 1 aliphatic rings. The van der Waals surface area contributed by atoms with E-state index in [4.69, 9.17) is 16.3 Å². The van der Waals surface area contributed by atoms with Crippen LogP contribution in [0.2, 0.25) is 5.02 Å². The van der Waals surface area contributed by atoms with Gasteiger partial charge in [0.25, 0.3) is 0 Å². The molecule has 11 heteroatoms. The number of carbonyl (C=O) groups is 1. The summed E-state index contributed by atoms with van der Waals surface area (Å²) in [5.41, 5.74) is 0.638. The first-order valence-electron chi connectivity index (χ1n) is 12.0. The number of ether oxygens (including phenoxy) is 1. The third-order valence-electron chi connectivity index (χ3n) is 6.42. The number of benzene rings is 4. The lowest BCUT2D eigenvalue weighted by molar-refractivity contribution is -0.137. The largest absolute Gasteiger partial charge is 0.457 e. The van der Waals surface area contributed by atoms with Crippen LogP contribution in [-0.4, -0.2) is 27.2 Å². The Labute approximate surface area is 233 Å². The number of hydrogen-bond acceptors (Lipinski definition) is 4. The summed E-state index contributed by atoms with van der Waals surface area (Å²) in [6.45, 7) is 0.0424. The van der Waals surface area contributed by atoms with E-state index in [1.54, 1.807) is 54.6 Å². The fraction of sp³-hybridized carbons (Fsp3) is 0.138. The van der Waals surface area contributed by atoms with E-state index in [0.717, 1.165) is 18.4 Å². The Hall–Kier alpha value is -4.02. The Morgan fingerprint density at radius 2 is 1.65 bits per heavy atom. The molecule has 6 nitrogen and oxygen atoms in total. The zero-order valence-electron chi connectivity index (χ0n) is 20.9. The van der Waals surface area contributed by atoms with Gasteiger partial charge in [-0.3, -0.25) is 4.90 Å². The number of amides is 2. The summed E-state index contributed by atoms with van der Waals surface area (Å²) in [4.78, 5) is 14.3. The van der Waals surface area contributed by atoms with Crippen LogP contribution in [0.5, 0.6) is 11.5 Å². The molecule has 0 aromatic heterocycles. The van der Waals surface area contributed by atoms with E-state index in [-0.39, 0.29) is 11.4 Å². The lowest BCUT2D eigenvalue weighted by atomic mass is 10.0. The molecule has 0 spiro atoms. The van der Waals surface area contributed by atoms with Gasteiger partial charge >= 0.3 is 12.2 Å². The van der Waals surface area contributed by atoms with Gasteiger partial charge < -0.3 is 10.1 Å². The molecule has 2 amide bonds. The fourth-order valence-electron chi connectivity index (χ4n) is 4.51. The smallest absolute Gasteiger partial charge is 0.416 e. The van der Waals surface area contributed by atoms with Gasteiger partial charge in [-0.15, -0.1) is 0 Å². The van der Waals surface area contributed by atoms with Crippen molar-refractivity contribution in [2.45, 2.75) is 17.1 Å². The number of urea groups is 1. The van der Waals surface area contributed by atoms with Crippen molar-refractivity contribution in [1.82, 2.24) is 5.32 Å². The van der Waals surface area contributed by atoms with Gasteiger partial charge in [-0.05, 0) is 66.2 Å². The lowest BCUT2D eigenvalue weighted by Crippen LogP contribution is -2.27. The van der Waals surface area contributed by atoms with Crippen molar-refractivity contribution < 1.29 is 31.1 Å². The summed E-state index contributed by atoms with van der Waals surface area (Å²) in [7, 11) is -3.70. The highest BCUT2D eigenvalue weighted by molar-refractivity contribution is 7.90. The van der Waals surface area contributed by atoms with Crippen LogP contribution in [-0.2, 0) is 16.0 Å². The van der Waals surface area contributed by atoms with Crippen LogP contribution >= 0.6 is 11.6 Å². The number of para-hydroxylation sites is 1. The van der Waals surface area contributed by atoms with E-state index in [1.165, 1.54) is 29.2 Å². The molecule has 1 heterocycles. The third-order valence-corrected chi connectivity index (χ3v) is 7.82. The number of carbonyl (C=O) groups excluding carboxylic acids is 1. The quantitative estimate of drug-likeness (QED) is 0.254. The monoisotopic (exact) mass is 586 g/mol. The molecule has 4 aromatic carbocycles. The van der Waals surface area contributed by atoms with Crippen molar-refractivity contribution in [3.63, 3.8) is 0 Å². The average molecular weight is 587 g/mol. The van der Waals surface area contributed by atoms with Gasteiger partial charge in [-0.2, -0.15) is 13.2 Å². The topological polar surface area (TPSA) is 75.7 Å². The molecule has 0 aliphatic carbocycles. The molecule has 1 N–H and O–H groups in total. The minimum Gasteiger partial charge on any atom is -0.457 e.